The normalized spacial score (nSPS) is 12.5. The highest BCUT2D eigenvalue weighted by atomic mass is 32.2. The molecule has 0 amide bonds. The van der Waals surface area contributed by atoms with E-state index in [9.17, 15) is 26.5 Å². The zero-order valence-corrected chi connectivity index (χ0v) is 21.5. The van der Waals surface area contributed by atoms with Crippen molar-refractivity contribution >= 4 is 53.8 Å². The third-order valence-electron chi connectivity index (χ3n) is 5.41. The van der Waals surface area contributed by atoms with Crippen LogP contribution in [-0.2, 0) is 20.2 Å². The van der Waals surface area contributed by atoms with Crippen LogP contribution in [0.5, 0.6) is 11.5 Å². The summed E-state index contributed by atoms with van der Waals surface area (Å²) in [5, 5.41) is 27.2. The molecule has 0 aromatic heterocycles. The summed E-state index contributed by atoms with van der Waals surface area (Å²) in [6, 6.07) is 15.4. The molecule has 38 heavy (non-hydrogen) atoms. The van der Waals surface area contributed by atoms with Crippen molar-refractivity contribution in [2.75, 3.05) is 7.11 Å². The minimum Gasteiger partial charge on any atom is -0.505 e. The molecule has 0 aliphatic carbocycles. The third-order valence-corrected chi connectivity index (χ3v) is 7.17. The fraction of sp³-hybridized carbons (Fsp3) is 0.0833. The smallest absolute Gasteiger partial charge is 0.295 e. The Hall–Kier alpha value is -4.24. The molecule has 3 N–H and O–H groups in total. The molecule has 0 radical (unpaired) electrons. The van der Waals surface area contributed by atoms with E-state index in [1.54, 1.807) is 25.1 Å². The van der Waals surface area contributed by atoms with E-state index < -0.39 is 25.1 Å². The largest absolute Gasteiger partial charge is 0.505 e. The highest BCUT2D eigenvalue weighted by Crippen LogP contribution is 2.41. The molecule has 4 aromatic carbocycles. The number of phenolic OH excluding ortho intramolecular Hbond substituents is 1. The van der Waals surface area contributed by atoms with Crippen molar-refractivity contribution in [2.45, 2.75) is 16.7 Å². The molecule has 0 spiro atoms. The number of fused-ring (bicyclic) bond motifs is 1. The monoisotopic (exact) mass is 556 g/mol. The van der Waals surface area contributed by atoms with Gasteiger partial charge in [0.15, 0.2) is 5.75 Å². The molecule has 12 nitrogen and oxygen atoms in total. The van der Waals surface area contributed by atoms with Crippen molar-refractivity contribution in [3.05, 3.63) is 72.3 Å². The first-order valence-electron chi connectivity index (χ1n) is 10.7. The van der Waals surface area contributed by atoms with Gasteiger partial charge < -0.3 is 9.84 Å². The van der Waals surface area contributed by atoms with Gasteiger partial charge in [-0.25, -0.2) is 0 Å². The molecule has 4 aromatic rings. The molecule has 0 aliphatic rings. The van der Waals surface area contributed by atoms with Gasteiger partial charge in [-0.2, -0.15) is 27.1 Å². The van der Waals surface area contributed by atoms with E-state index in [0.717, 1.165) is 6.07 Å². The van der Waals surface area contributed by atoms with Gasteiger partial charge in [-0.3, -0.25) is 9.11 Å². The van der Waals surface area contributed by atoms with Crippen LogP contribution in [0.15, 0.2) is 97.0 Å². The number of hydrogen-bond acceptors (Lipinski definition) is 10. The summed E-state index contributed by atoms with van der Waals surface area (Å²) in [6.45, 7) is 1.72. The Balaban J connectivity index is 1.69. The van der Waals surface area contributed by atoms with Crippen molar-refractivity contribution in [3.63, 3.8) is 0 Å². The molecule has 0 atom stereocenters. The Kier molecular flexibility index (Phi) is 7.24. The van der Waals surface area contributed by atoms with Crippen molar-refractivity contribution in [1.82, 2.24) is 0 Å². The van der Waals surface area contributed by atoms with Crippen molar-refractivity contribution in [2.24, 2.45) is 20.5 Å². The van der Waals surface area contributed by atoms with Gasteiger partial charge >= 0.3 is 0 Å². The Morgan fingerprint density at radius 3 is 1.92 bits per heavy atom. The summed E-state index contributed by atoms with van der Waals surface area (Å²) in [6.07, 6.45) is 0. The fourth-order valence-corrected chi connectivity index (χ4v) is 4.71. The van der Waals surface area contributed by atoms with Gasteiger partial charge in [-0.1, -0.05) is 24.3 Å². The predicted octanol–water partition coefficient (Wildman–Crippen LogP) is 6.19. The molecule has 0 saturated heterocycles. The van der Waals surface area contributed by atoms with E-state index in [4.69, 9.17) is 9.29 Å². The van der Waals surface area contributed by atoms with E-state index in [1.165, 1.54) is 49.6 Å². The fourth-order valence-electron chi connectivity index (χ4n) is 3.52. The molecule has 0 heterocycles. The second-order valence-corrected chi connectivity index (χ2v) is 10.8. The Labute approximate surface area is 217 Å². The van der Waals surface area contributed by atoms with Gasteiger partial charge in [0.05, 0.1) is 23.4 Å². The summed E-state index contributed by atoms with van der Waals surface area (Å²) in [5.41, 5.74) is 1.40. The topological polar surface area (TPSA) is 188 Å². The first-order chi connectivity index (χ1) is 17.9. The van der Waals surface area contributed by atoms with Crippen LogP contribution in [0.25, 0.3) is 10.8 Å². The Bertz CT molecular complexity index is 1820. The molecule has 196 valence electrons. The maximum absolute atomic E-state index is 11.9. The van der Waals surface area contributed by atoms with Gasteiger partial charge in [-0.05, 0) is 48.9 Å². The number of ether oxygens (including phenoxy) is 1. The average molecular weight is 557 g/mol. The molecule has 0 unspecified atom stereocenters. The van der Waals surface area contributed by atoms with Crippen molar-refractivity contribution < 1.29 is 35.8 Å². The van der Waals surface area contributed by atoms with E-state index in [1.807, 2.05) is 0 Å². The Morgan fingerprint density at radius 2 is 1.32 bits per heavy atom. The van der Waals surface area contributed by atoms with Gasteiger partial charge in [-0.15, -0.1) is 10.2 Å². The minimum atomic E-state index is -4.62. The molecule has 0 saturated carbocycles. The predicted molar refractivity (Wildman–Crippen MR) is 138 cm³/mol. The number of phenols is 1. The summed E-state index contributed by atoms with van der Waals surface area (Å²) in [7, 11) is -7.55. The highest BCUT2D eigenvalue weighted by molar-refractivity contribution is 7.86. The van der Waals surface area contributed by atoms with Crippen LogP contribution < -0.4 is 4.74 Å². The van der Waals surface area contributed by atoms with Crippen LogP contribution in [0.3, 0.4) is 0 Å². The van der Waals surface area contributed by atoms with Crippen molar-refractivity contribution in [3.8, 4) is 11.5 Å². The lowest BCUT2D eigenvalue weighted by molar-refractivity contribution is 0.416. The van der Waals surface area contributed by atoms with E-state index in [0.29, 0.717) is 16.9 Å². The summed E-state index contributed by atoms with van der Waals surface area (Å²) >= 11 is 0. The second kappa shape index (κ2) is 10.3. The lowest BCUT2D eigenvalue weighted by Crippen LogP contribution is -1.99. The SMILES string of the molecule is COc1cc(N=Nc2ccc(S(=O)(=O)O)cc2)c(C)cc1N=Nc1cc(S(=O)(=O)O)c2ccccc2c1O. The maximum atomic E-state index is 11.9. The lowest BCUT2D eigenvalue weighted by Gasteiger charge is -2.09. The number of azo groups is 2. The number of aryl methyl sites for hydroxylation is 1. The standard InChI is InChI=1S/C24H20N4O8S2/c1-14-11-20(22(36-2)12-19(14)26-25-15-7-9-16(10-8-15)37(30,31)32)27-28-21-13-23(38(33,34)35)17-5-3-4-6-18(17)24(21)29/h3-13,29H,1-2H3,(H,30,31,32)(H,33,34,35). The minimum absolute atomic E-state index is 0.127. The van der Waals surface area contributed by atoms with Crippen LogP contribution in [0.1, 0.15) is 5.56 Å². The number of benzene rings is 4. The van der Waals surface area contributed by atoms with Crippen molar-refractivity contribution in [1.29, 1.82) is 0 Å². The number of rotatable bonds is 7. The Morgan fingerprint density at radius 1 is 0.711 bits per heavy atom. The first kappa shape index (κ1) is 26.8. The molecular formula is C24H20N4O8S2. The van der Waals surface area contributed by atoms with Crippen LogP contribution in [0.2, 0.25) is 0 Å². The molecule has 14 heteroatoms. The highest BCUT2D eigenvalue weighted by Gasteiger charge is 2.19. The zero-order chi connectivity index (χ0) is 27.7. The number of methoxy groups -OCH3 is 1. The van der Waals surface area contributed by atoms with E-state index >= 15 is 0 Å². The zero-order valence-electron chi connectivity index (χ0n) is 19.8. The maximum Gasteiger partial charge on any atom is 0.295 e. The molecule has 4 rings (SSSR count). The average Bonchev–Trinajstić information content (AvgIpc) is 2.87. The van der Waals surface area contributed by atoms with E-state index in [-0.39, 0.29) is 38.5 Å². The van der Waals surface area contributed by atoms with Crippen LogP contribution in [0, 0.1) is 6.92 Å². The van der Waals surface area contributed by atoms with Gasteiger partial charge in [0.1, 0.15) is 22.0 Å². The quantitative estimate of drug-likeness (QED) is 0.177. The van der Waals surface area contributed by atoms with Crippen LogP contribution in [-0.4, -0.2) is 38.2 Å². The number of aromatic hydroxyl groups is 1. The summed E-state index contributed by atoms with van der Waals surface area (Å²) in [5.74, 6) is -0.0804. The molecular weight excluding hydrogens is 536 g/mol. The van der Waals surface area contributed by atoms with Gasteiger partial charge in [0.25, 0.3) is 20.2 Å². The second-order valence-electron chi connectivity index (χ2n) is 7.94. The number of hydrogen-bond donors (Lipinski definition) is 3. The molecule has 0 aliphatic heterocycles. The van der Waals surface area contributed by atoms with Gasteiger partial charge in [0, 0.05) is 16.8 Å². The number of nitrogens with zero attached hydrogens (tertiary/aromatic N) is 4. The molecule has 0 bridgehead atoms. The summed E-state index contributed by atoms with van der Waals surface area (Å²) < 4.78 is 70.3. The first-order valence-corrected chi connectivity index (χ1v) is 13.6. The third kappa shape index (κ3) is 5.68. The van der Waals surface area contributed by atoms with Gasteiger partial charge in [0.2, 0.25) is 0 Å². The molecule has 0 fully saturated rings. The van der Waals surface area contributed by atoms with Crippen LogP contribution >= 0.6 is 0 Å². The van der Waals surface area contributed by atoms with E-state index in [2.05, 4.69) is 20.5 Å². The summed E-state index contributed by atoms with van der Waals surface area (Å²) in [4.78, 5) is -0.700. The van der Waals surface area contributed by atoms with Crippen LogP contribution in [0.4, 0.5) is 22.7 Å². The lowest BCUT2D eigenvalue weighted by atomic mass is 10.1.